The van der Waals surface area contributed by atoms with Crippen molar-refractivity contribution in [2.45, 2.75) is 45.4 Å². The van der Waals surface area contributed by atoms with E-state index in [9.17, 15) is 18.7 Å². The Bertz CT molecular complexity index is 747. The zero-order valence-corrected chi connectivity index (χ0v) is 17.2. The summed E-state index contributed by atoms with van der Waals surface area (Å²) in [6, 6.07) is 3.00. The number of aliphatic imine (C=N–C) groups is 1. The first-order chi connectivity index (χ1) is 12.2. The van der Waals surface area contributed by atoms with Crippen LogP contribution in [0.5, 0.6) is 5.75 Å². The highest BCUT2D eigenvalue weighted by molar-refractivity contribution is 9.11. The number of aliphatic hydroxyl groups is 1. The zero-order chi connectivity index (χ0) is 19.4. The summed E-state index contributed by atoms with van der Waals surface area (Å²) >= 11 is 6.25. The van der Waals surface area contributed by atoms with Gasteiger partial charge in [0, 0.05) is 11.8 Å². The van der Waals surface area contributed by atoms with Crippen LogP contribution < -0.4 is 4.74 Å². The fourth-order valence-electron chi connectivity index (χ4n) is 1.95. The van der Waals surface area contributed by atoms with Crippen LogP contribution in [0.25, 0.3) is 5.76 Å². The lowest BCUT2D eigenvalue weighted by molar-refractivity contribution is -0.141. The van der Waals surface area contributed by atoms with Gasteiger partial charge in [-0.25, -0.2) is 4.79 Å². The van der Waals surface area contributed by atoms with Crippen LogP contribution in [0.1, 0.15) is 32.3 Å². The van der Waals surface area contributed by atoms with Crippen molar-refractivity contribution in [3.8, 4) is 5.75 Å². The Labute approximate surface area is 166 Å². The van der Waals surface area contributed by atoms with Crippen LogP contribution in [0.15, 0.2) is 31.6 Å². The first-order valence-electron chi connectivity index (χ1n) is 7.81. The van der Waals surface area contributed by atoms with Gasteiger partial charge in [0.25, 0.3) is 0 Å². The van der Waals surface area contributed by atoms with Crippen molar-refractivity contribution >= 4 is 49.8 Å². The van der Waals surface area contributed by atoms with Gasteiger partial charge >= 0.3 is 12.6 Å². The van der Waals surface area contributed by atoms with Crippen LogP contribution in [0, 0.1) is 0 Å². The summed E-state index contributed by atoms with van der Waals surface area (Å²) in [6.45, 7) is 0.300. The highest BCUT2D eigenvalue weighted by atomic mass is 79.9. The molecule has 1 fully saturated rings. The summed E-state index contributed by atoms with van der Waals surface area (Å²) in [5.74, 6) is -1.40. The molecule has 0 bridgehead atoms. The highest BCUT2D eigenvalue weighted by Crippen LogP contribution is 2.39. The van der Waals surface area contributed by atoms with E-state index >= 15 is 0 Å². The molecule has 142 valence electrons. The number of hydrogen-bond acceptors (Lipinski definition) is 5. The van der Waals surface area contributed by atoms with Crippen molar-refractivity contribution in [1.82, 2.24) is 0 Å². The monoisotopic (exact) mass is 495 g/mol. The number of aliphatic hydroxyl groups excluding tert-OH is 1. The lowest BCUT2D eigenvalue weighted by Gasteiger charge is -2.14. The van der Waals surface area contributed by atoms with E-state index in [2.05, 4.69) is 41.6 Å². The molecule has 0 aromatic heterocycles. The van der Waals surface area contributed by atoms with E-state index in [0.717, 1.165) is 12.8 Å². The molecule has 1 aromatic rings. The first kappa shape index (κ1) is 20.8. The number of benzene rings is 1. The van der Waals surface area contributed by atoms with Gasteiger partial charge in [0.05, 0.1) is 21.1 Å². The van der Waals surface area contributed by atoms with Crippen molar-refractivity contribution in [3.63, 3.8) is 0 Å². The second-order valence-corrected chi connectivity index (χ2v) is 7.49. The molecule has 9 heteroatoms. The predicted octanol–water partition coefficient (Wildman–Crippen LogP) is 5.27. The number of halogens is 4. The summed E-state index contributed by atoms with van der Waals surface area (Å²) in [7, 11) is 0. The zero-order valence-electron chi connectivity index (χ0n) is 14.0. The second-order valence-electron chi connectivity index (χ2n) is 5.84. The van der Waals surface area contributed by atoms with Crippen LogP contribution in [0.3, 0.4) is 0 Å². The molecule has 1 N–H and O–H groups in total. The van der Waals surface area contributed by atoms with E-state index in [0.29, 0.717) is 0 Å². The third kappa shape index (κ3) is 5.51. The van der Waals surface area contributed by atoms with Crippen molar-refractivity contribution in [3.05, 3.63) is 32.2 Å². The molecule has 1 saturated carbocycles. The molecule has 1 aliphatic rings. The SMILES string of the molecule is CC(C)OC(=O)C(C=NC1CC1)=C(O)c1ccc(Br)c(OC(F)F)c1Br. The average molecular weight is 497 g/mol. The van der Waals surface area contributed by atoms with Crippen molar-refractivity contribution in [2.24, 2.45) is 4.99 Å². The van der Waals surface area contributed by atoms with Crippen molar-refractivity contribution in [1.29, 1.82) is 0 Å². The minimum Gasteiger partial charge on any atom is -0.506 e. The lowest BCUT2D eigenvalue weighted by Crippen LogP contribution is -2.16. The number of hydrogen-bond donors (Lipinski definition) is 1. The molecular formula is C17H17Br2F2NO4. The van der Waals surface area contributed by atoms with Gasteiger partial charge in [-0.1, -0.05) is 0 Å². The van der Waals surface area contributed by atoms with Gasteiger partial charge in [0.1, 0.15) is 11.3 Å². The molecule has 0 radical (unpaired) electrons. The Hall–Kier alpha value is -1.48. The Kier molecular flexibility index (Phi) is 7.16. The van der Waals surface area contributed by atoms with Gasteiger partial charge < -0.3 is 14.6 Å². The normalized spacial score (nSPS) is 15.5. The molecule has 0 amide bonds. The van der Waals surface area contributed by atoms with E-state index < -0.39 is 24.4 Å². The minimum atomic E-state index is -3.05. The van der Waals surface area contributed by atoms with E-state index in [1.807, 2.05) is 0 Å². The third-order valence-electron chi connectivity index (χ3n) is 3.29. The molecule has 1 aromatic carbocycles. The molecule has 0 unspecified atom stereocenters. The summed E-state index contributed by atoms with van der Waals surface area (Å²) < 4.78 is 35.2. The van der Waals surface area contributed by atoms with Crippen LogP contribution in [0.4, 0.5) is 8.78 Å². The molecule has 1 aliphatic carbocycles. The fourth-order valence-corrected chi connectivity index (χ4v) is 3.27. The van der Waals surface area contributed by atoms with E-state index in [1.54, 1.807) is 13.8 Å². The topological polar surface area (TPSA) is 68.1 Å². The molecule has 0 atom stereocenters. The van der Waals surface area contributed by atoms with Crippen LogP contribution in [-0.2, 0) is 9.53 Å². The molecule has 0 heterocycles. The van der Waals surface area contributed by atoms with E-state index in [4.69, 9.17) is 4.74 Å². The van der Waals surface area contributed by atoms with Gasteiger partial charge in [0.2, 0.25) is 0 Å². The Morgan fingerprint density at radius 1 is 1.35 bits per heavy atom. The van der Waals surface area contributed by atoms with Gasteiger partial charge in [-0.05, 0) is 70.7 Å². The van der Waals surface area contributed by atoms with Crippen molar-refractivity contribution in [2.75, 3.05) is 0 Å². The number of alkyl halides is 2. The highest BCUT2D eigenvalue weighted by Gasteiger charge is 2.25. The molecular weight excluding hydrogens is 480 g/mol. The van der Waals surface area contributed by atoms with Gasteiger partial charge in [-0.3, -0.25) is 4.99 Å². The number of ether oxygens (including phenoxy) is 2. The fraction of sp³-hybridized carbons (Fsp3) is 0.412. The molecule has 0 saturated heterocycles. The number of nitrogens with zero attached hydrogens (tertiary/aromatic N) is 1. The van der Waals surface area contributed by atoms with E-state index in [-0.39, 0.29) is 31.9 Å². The maximum Gasteiger partial charge on any atom is 0.387 e. The molecule has 0 aliphatic heterocycles. The van der Waals surface area contributed by atoms with Gasteiger partial charge in [-0.2, -0.15) is 8.78 Å². The van der Waals surface area contributed by atoms with Gasteiger partial charge in [-0.15, -0.1) is 0 Å². The number of carbonyl (C=O) groups is 1. The quantitative estimate of drug-likeness (QED) is 0.242. The average Bonchev–Trinajstić information content (AvgIpc) is 3.34. The number of rotatable bonds is 7. The summed E-state index contributed by atoms with van der Waals surface area (Å²) in [5, 5.41) is 10.6. The first-order valence-corrected chi connectivity index (χ1v) is 9.39. The Morgan fingerprint density at radius 3 is 2.54 bits per heavy atom. The molecule has 26 heavy (non-hydrogen) atoms. The number of esters is 1. The molecule has 5 nitrogen and oxygen atoms in total. The van der Waals surface area contributed by atoms with Crippen LogP contribution in [-0.4, -0.2) is 36.0 Å². The lowest BCUT2D eigenvalue weighted by atomic mass is 10.1. The summed E-state index contributed by atoms with van der Waals surface area (Å²) in [6.07, 6.45) is 2.70. The van der Waals surface area contributed by atoms with E-state index in [1.165, 1.54) is 18.3 Å². The molecule has 0 spiro atoms. The van der Waals surface area contributed by atoms with Gasteiger partial charge in [0.15, 0.2) is 5.75 Å². The Morgan fingerprint density at radius 2 is 2.00 bits per heavy atom. The third-order valence-corrected chi connectivity index (χ3v) is 4.70. The van der Waals surface area contributed by atoms with Crippen molar-refractivity contribution < 1.29 is 28.2 Å². The summed E-state index contributed by atoms with van der Waals surface area (Å²) in [5.41, 5.74) is -0.0570. The second kappa shape index (κ2) is 8.94. The maximum atomic E-state index is 12.6. The largest absolute Gasteiger partial charge is 0.506 e. The van der Waals surface area contributed by atoms with Crippen LogP contribution >= 0.6 is 31.9 Å². The molecule has 2 rings (SSSR count). The smallest absolute Gasteiger partial charge is 0.387 e. The minimum absolute atomic E-state index is 0.0688. The predicted molar refractivity (Wildman–Crippen MR) is 101 cm³/mol. The Balaban J connectivity index is 2.50. The maximum absolute atomic E-state index is 12.6. The van der Waals surface area contributed by atoms with Crippen LogP contribution in [0.2, 0.25) is 0 Å². The standard InChI is InChI=1S/C17H17Br2F2NO4/c1-8(2)25-16(24)11(7-22-9-3-4-9)14(23)10-5-6-12(18)15(13(10)19)26-17(20)21/h5-9,17,23H,3-4H2,1-2H3. The summed E-state index contributed by atoms with van der Waals surface area (Å²) in [4.78, 5) is 16.5. The number of carbonyl (C=O) groups excluding carboxylic acids is 1.